The van der Waals surface area contributed by atoms with Crippen molar-refractivity contribution in [2.75, 3.05) is 15.4 Å². The maximum absolute atomic E-state index is 12.6. The van der Waals surface area contributed by atoms with Gasteiger partial charge in [0.05, 0.1) is 33.5 Å². The second-order valence-corrected chi connectivity index (χ2v) is 8.75. The summed E-state index contributed by atoms with van der Waals surface area (Å²) in [6.07, 6.45) is -4.51. The molecule has 6 nitrogen and oxygen atoms in total. The Morgan fingerprint density at radius 3 is 2.31 bits per heavy atom. The van der Waals surface area contributed by atoms with E-state index in [4.69, 9.17) is 11.6 Å². The topological polar surface area (TPSA) is 83.6 Å². The van der Waals surface area contributed by atoms with Crippen LogP contribution in [0.15, 0.2) is 42.5 Å². The Kier molecular flexibility index (Phi) is 5.35. The molecule has 0 aliphatic carbocycles. The Balaban J connectivity index is 1.88. The highest BCUT2D eigenvalue weighted by atomic mass is 35.5. The summed E-state index contributed by atoms with van der Waals surface area (Å²) in [6.45, 7) is 1.48. The third-order valence-electron chi connectivity index (χ3n) is 4.26. The monoisotopic (exact) mass is 446 g/mol. The number of anilines is 2. The predicted molar refractivity (Wildman–Crippen MR) is 101 cm³/mol. The van der Waals surface area contributed by atoms with Crippen LogP contribution < -0.4 is 9.62 Å². The van der Waals surface area contributed by atoms with Crippen LogP contribution >= 0.6 is 11.6 Å². The molecule has 0 saturated carbocycles. The van der Waals surface area contributed by atoms with Crippen LogP contribution in [0.2, 0.25) is 5.02 Å². The lowest BCUT2D eigenvalue weighted by atomic mass is 10.1. The second kappa shape index (κ2) is 7.34. The summed E-state index contributed by atoms with van der Waals surface area (Å²) in [4.78, 5) is 24.7. The van der Waals surface area contributed by atoms with Gasteiger partial charge in [0.2, 0.25) is 15.9 Å². The molecule has 1 fully saturated rings. The van der Waals surface area contributed by atoms with Crippen molar-refractivity contribution in [2.24, 2.45) is 5.92 Å². The van der Waals surface area contributed by atoms with Gasteiger partial charge in [-0.1, -0.05) is 18.5 Å². The summed E-state index contributed by atoms with van der Waals surface area (Å²) in [5.41, 5.74) is -0.960. The molecule has 0 radical (unpaired) electrons. The van der Waals surface area contributed by atoms with Crippen molar-refractivity contribution in [1.82, 2.24) is 0 Å². The van der Waals surface area contributed by atoms with E-state index in [0.717, 1.165) is 30.3 Å². The Morgan fingerprint density at radius 1 is 1.17 bits per heavy atom. The van der Waals surface area contributed by atoms with E-state index >= 15 is 0 Å². The van der Waals surface area contributed by atoms with Crippen LogP contribution in [0.4, 0.5) is 24.5 Å². The number of amides is 2. The summed E-state index contributed by atoms with van der Waals surface area (Å²) >= 11 is 6.02. The van der Waals surface area contributed by atoms with Crippen molar-refractivity contribution in [2.45, 2.75) is 13.1 Å². The highest BCUT2D eigenvalue weighted by Gasteiger charge is 2.42. The van der Waals surface area contributed by atoms with Gasteiger partial charge in [-0.2, -0.15) is 13.2 Å². The zero-order valence-electron chi connectivity index (χ0n) is 14.8. The molecule has 1 heterocycles. The van der Waals surface area contributed by atoms with Crippen LogP contribution in [-0.2, 0) is 21.0 Å². The van der Waals surface area contributed by atoms with Crippen molar-refractivity contribution in [3.63, 3.8) is 0 Å². The van der Waals surface area contributed by atoms with E-state index in [-0.39, 0.29) is 27.7 Å². The number of carbonyl (C=O) groups excluding carboxylic acids is 2. The van der Waals surface area contributed by atoms with Gasteiger partial charge in [-0.15, -0.1) is 0 Å². The molecule has 1 aliphatic heterocycles. The van der Waals surface area contributed by atoms with Gasteiger partial charge < -0.3 is 5.32 Å². The number of rotatable bonds is 3. The Labute approximate surface area is 169 Å². The molecular weight excluding hydrogens is 433 g/mol. The second-order valence-electron chi connectivity index (χ2n) is 6.48. The third-order valence-corrected chi connectivity index (χ3v) is 6.46. The van der Waals surface area contributed by atoms with E-state index in [2.05, 4.69) is 5.32 Å². The Hall–Kier alpha value is -2.59. The molecule has 3 rings (SSSR count). The van der Waals surface area contributed by atoms with E-state index in [1.54, 1.807) is 0 Å². The lowest BCUT2D eigenvalue weighted by Gasteiger charge is -2.17. The fourth-order valence-corrected chi connectivity index (χ4v) is 4.86. The summed E-state index contributed by atoms with van der Waals surface area (Å²) < 4.78 is 63.0. The minimum atomic E-state index is -4.51. The van der Waals surface area contributed by atoms with Gasteiger partial charge in [0.1, 0.15) is 0 Å². The smallest absolute Gasteiger partial charge is 0.322 e. The molecule has 2 amide bonds. The average molecular weight is 447 g/mol. The minimum absolute atomic E-state index is 0.0183. The van der Waals surface area contributed by atoms with Gasteiger partial charge in [0, 0.05) is 5.69 Å². The highest BCUT2D eigenvalue weighted by Crippen LogP contribution is 2.32. The summed E-state index contributed by atoms with van der Waals surface area (Å²) in [6, 6.07) is 7.49. The zero-order valence-corrected chi connectivity index (χ0v) is 16.4. The predicted octanol–water partition coefficient (Wildman–Crippen LogP) is 3.92. The van der Waals surface area contributed by atoms with E-state index < -0.39 is 39.5 Å². The Bertz CT molecular complexity index is 1090. The fraction of sp³-hybridized carbons (Fsp3) is 0.222. The van der Waals surface area contributed by atoms with Gasteiger partial charge in [0.15, 0.2) is 0 Å². The number of benzene rings is 2. The first-order valence-corrected chi connectivity index (χ1v) is 10.2. The summed E-state index contributed by atoms with van der Waals surface area (Å²) in [7, 11) is -3.87. The average Bonchev–Trinajstić information content (AvgIpc) is 2.82. The number of hydrogen-bond acceptors (Lipinski definition) is 4. The van der Waals surface area contributed by atoms with Gasteiger partial charge in [-0.3, -0.25) is 9.59 Å². The molecule has 11 heteroatoms. The number of alkyl halides is 3. The molecule has 1 unspecified atom stereocenters. The van der Waals surface area contributed by atoms with Crippen LogP contribution in [0, 0.1) is 5.92 Å². The molecule has 154 valence electrons. The summed E-state index contributed by atoms with van der Waals surface area (Å²) in [5, 5.41) is 2.37. The normalized spacial score (nSPS) is 18.7. The maximum Gasteiger partial charge on any atom is 0.416 e. The van der Waals surface area contributed by atoms with E-state index in [9.17, 15) is 31.2 Å². The van der Waals surface area contributed by atoms with Crippen molar-refractivity contribution in [3.05, 3.63) is 58.6 Å². The largest absolute Gasteiger partial charge is 0.416 e. The highest BCUT2D eigenvalue weighted by molar-refractivity contribution is 7.94. The molecule has 2 aromatic carbocycles. The molecule has 1 N–H and O–H groups in total. The number of nitrogens with one attached hydrogen (secondary N) is 1. The number of sulfonamides is 1. The van der Waals surface area contributed by atoms with Crippen LogP contribution in [0.5, 0.6) is 0 Å². The van der Waals surface area contributed by atoms with Gasteiger partial charge in [-0.05, 0) is 42.5 Å². The number of nitrogens with zero attached hydrogens (tertiary/aromatic N) is 1. The first-order chi connectivity index (χ1) is 13.4. The minimum Gasteiger partial charge on any atom is -0.322 e. The van der Waals surface area contributed by atoms with E-state index in [1.807, 2.05) is 0 Å². The SMILES string of the molecule is CC1CS(=O)(=O)N(c2ccc(Cl)c(C(=O)Nc3ccc(C(F)(F)F)cc3)c2)C1=O. The number of carbonyl (C=O) groups is 2. The maximum atomic E-state index is 12.6. The standard InChI is InChI=1S/C18H14ClF3N2O4S/c1-10-9-29(27,28)24(17(10)26)13-6-7-15(19)14(8-13)16(25)23-12-4-2-11(3-5-12)18(20,21)22/h2-8,10H,9H2,1H3,(H,23,25). The molecule has 0 spiro atoms. The van der Waals surface area contributed by atoms with Crippen molar-refractivity contribution in [1.29, 1.82) is 0 Å². The quantitative estimate of drug-likeness (QED) is 0.774. The van der Waals surface area contributed by atoms with Crippen LogP contribution in [-0.4, -0.2) is 26.0 Å². The molecule has 29 heavy (non-hydrogen) atoms. The molecular formula is C18H14ClF3N2O4S. The fourth-order valence-electron chi connectivity index (χ4n) is 2.84. The van der Waals surface area contributed by atoms with E-state index in [1.165, 1.54) is 19.1 Å². The Morgan fingerprint density at radius 2 is 1.79 bits per heavy atom. The molecule has 1 saturated heterocycles. The molecule has 2 aromatic rings. The van der Waals surface area contributed by atoms with Crippen molar-refractivity contribution >= 4 is 44.8 Å². The molecule has 1 aliphatic rings. The first kappa shape index (κ1) is 21.1. The third kappa shape index (κ3) is 4.23. The number of halogens is 4. The van der Waals surface area contributed by atoms with Crippen molar-refractivity contribution in [3.8, 4) is 0 Å². The van der Waals surface area contributed by atoms with Crippen LogP contribution in [0.3, 0.4) is 0 Å². The molecule has 0 bridgehead atoms. The number of hydrogen-bond donors (Lipinski definition) is 1. The molecule has 1 atom stereocenters. The van der Waals surface area contributed by atoms with Crippen LogP contribution in [0.25, 0.3) is 0 Å². The van der Waals surface area contributed by atoms with Gasteiger partial charge in [0.25, 0.3) is 5.91 Å². The first-order valence-electron chi connectivity index (χ1n) is 8.25. The zero-order chi connectivity index (χ0) is 21.6. The lowest BCUT2D eigenvalue weighted by Crippen LogP contribution is -2.30. The van der Waals surface area contributed by atoms with E-state index in [0.29, 0.717) is 4.31 Å². The van der Waals surface area contributed by atoms with Crippen LogP contribution in [0.1, 0.15) is 22.8 Å². The van der Waals surface area contributed by atoms with Gasteiger partial charge >= 0.3 is 6.18 Å². The van der Waals surface area contributed by atoms with Crippen molar-refractivity contribution < 1.29 is 31.2 Å². The summed E-state index contributed by atoms with van der Waals surface area (Å²) in [5.74, 6) is -2.46. The van der Waals surface area contributed by atoms with Gasteiger partial charge in [-0.25, -0.2) is 12.7 Å². The molecule has 0 aromatic heterocycles. The lowest BCUT2D eigenvalue weighted by molar-refractivity contribution is -0.137.